The van der Waals surface area contributed by atoms with E-state index in [1.165, 1.54) is 23.0 Å². The van der Waals surface area contributed by atoms with Crippen LogP contribution in [0.1, 0.15) is 25.8 Å². The van der Waals surface area contributed by atoms with Crippen molar-refractivity contribution in [2.75, 3.05) is 0 Å². The molecule has 0 spiro atoms. The molecule has 0 bridgehead atoms. The third-order valence-corrected chi connectivity index (χ3v) is 3.81. The highest BCUT2D eigenvalue weighted by Gasteiger charge is 2.29. The third-order valence-electron chi connectivity index (χ3n) is 3.37. The maximum Gasteiger partial charge on any atom is 0.338 e. The molecule has 0 unspecified atom stereocenters. The fourth-order valence-corrected chi connectivity index (χ4v) is 2.50. The van der Waals surface area contributed by atoms with E-state index >= 15 is 0 Å². The SMILES string of the molecule is CC(C)C[C@H](NC(=O)[C@@H](O)[C@H](N)Cc1ccccc1)C(=O)OI. The summed E-state index contributed by atoms with van der Waals surface area (Å²) in [4.78, 5) is 23.8. The van der Waals surface area contributed by atoms with E-state index in [4.69, 9.17) is 5.73 Å². The summed E-state index contributed by atoms with van der Waals surface area (Å²) in [6.45, 7) is 3.86. The van der Waals surface area contributed by atoms with Crippen LogP contribution in [0.5, 0.6) is 0 Å². The molecule has 0 aromatic heterocycles. The van der Waals surface area contributed by atoms with Crippen LogP contribution >= 0.6 is 23.0 Å². The molecule has 23 heavy (non-hydrogen) atoms. The second-order valence-electron chi connectivity index (χ2n) is 5.89. The van der Waals surface area contributed by atoms with E-state index in [1.54, 1.807) is 0 Å². The van der Waals surface area contributed by atoms with Crippen LogP contribution in [0.2, 0.25) is 0 Å². The molecule has 6 nitrogen and oxygen atoms in total. The number of carbonyl (C=O) groups excluding carboxylic acids is 2. The Labute approximate surface area is 150 Å². The largest absolute Gasteiger partial charge is 0.393 e. The Hall–Kier alpha value is -1.19. The lowest BCUT2D eigenvalue weighted by atomic mass is 10.00. The second-order valence-corrected chi connectivity index (χ2v) is 6.33. The Morgan fingerprint density at radius 2 is 1.91 bits per heavy atom. The van der Waals surface area contributed by atoms with Crippen LogP contribution in [0.4, 0.5) is 0 Å². The number of aliphatic hydroxyl groups is 1. The van der Waals surface area contributed by atoms with Gasteiger partial charge in [-0.1, -0.05) is 44.2 Å². The topological polar surface area (TPSA) is 102 Å². The smallest absolute Gasteiger partial charge is 0.338 e. The van der Waals surface area contributed by atoms with Gasteiger partial charge in [-0.25, -0.2) is 4.79 Å². The highest BCUT2D eigenvalue weighted by molar-refractivity contribution is 14.1. The van der Waals surface area contributed by atoms with Gasteiger partial charge in [-0.3, -0.25) is 4.79 Å². The van der Waals surface area contributed by atoms with Crippen molar-refractivity contribution < 1.29 is 17.8 Å². The predicted molar refractivity (Wildman–Crippen MR) is 95.6 cm³/mol. The van der Waals surface area contributed by atoms with Crippen molar-refractivity contribution >= 4 is 34.9 Å². The normalized spacial score (nSPS) is 14.9. The number of rotatable bonds is 8. The van der Waals surface area contributed by atoms with E-state index in [0.29, 0.717) is 12.8 Å². The first kappa shape index (κ1) is 19.9. The van der Waals surface area contributed by atoms with Crippen molar-refractivity contribution in [1.82, 2.24) is 5.32 Å². The van der Waals surface area contributed by atoms with E-state index < -0.39 is 30.1 Å². The van der Waals surface area contributed by atoms with Gasteiger partial charge in [-0.2, -0.15) is 0 Å². The molecular weight excluding hydrogens is 411 g/mol. The van der Waals surface area contributed by atoms with Crippen LogP contribution in [0, 0.1) is 5.92 Å². The van der Waals surface area contributed by atoms with Crippen LogP contribution < -0.4 is 11.1 Å². The number of benzene rings is 1. The molecule has 1 aromatic rings. The number of nitrogens with two attached hydrogens (primary N) is 1. The molecule has 0 saturated heterocycles. The minimum Gasteiger partial charge on any atom is -0.393 e. The third kappa shape index (κ3) is 6.84. The van der Waals surface area contributed by atoms with Gasteiger partial charge < -0.3 is 19.2 Å². The van der Waals surface area contributed by atoms with Crippen LogP contribution in [-0.2, 0) is 19.1 Å². The Bertz CT molecular complexity index is 510. The van der Waals surface area contributed by atoms with E-state index in [0.717, 1.165) is 5.56 Å². The average molecular weight is 434 g/mol. The Balaban J connectivity index is 2.64. The maximum absolute atomic E-state index is 12.1. The van der Waals surface area contributed by atoms with Gasteiger partial charge in [0.2, 0.25) is 0 Å². The van der Waals surface area contributed by atoms with Crippen molar-refractivity contribution in [2.45, 2.75) is 44.9 Å². The number of nitrogens with one attached hydrogen (secondary N) is 1. The number of aliphatic hydroxyl groups excluding tert-OH is 1. The van der Waals surface area contributed by atoms with Gasteiger partial charge in [-0.05, 0) is 24.3 Å². The predicted octanol–water partition coefficient (Wildman–Crippen LogP) is 1.34. The van der Waals surface area contributed by atoms with Crippen molar-refractivity contribution in [3.63, 3.8) is 0 Å². The molecule has 7 heteroatoms. The molecule has 1 amide bonds. The van der Waals surface area contributed by atoms with E-state index in [-0.39, 0.29) is 5.92 Å². The number of hydrogen-bond acceptors (Lipinski definition) is 5. The van der Waals surface area contributed by atoms with Gasteiger partial charge in [0.05, 0.1) is 0 Å². The zero-order chi connectivity index (χ0) is 17.4. The fourth-order valence-electron chi connectivity index (χ4n) is 2.19. The number of halogens is 1. The van der Waals surface area contributed by atoms with Crippen LogP contribution in [0.3, 0.4) is 0 Å². The first-order valence-corrected chi connectivity index (χ1v) is 8.33. The molecule has 0 aliphatic rings. The Morgan fingerprint density at radius 3 is 2.43 bits per heavy atom. The molecule has 0 fully saturated rings. The van der Waals surface area contributed by atoms with Crippen LogP contribution in [0.25, 0.3) is 0 Å². The van der Waals surface area contributed by atoms with Crippen molar-refractivity contribution in [2.24, 2.45) is 11.7 Å². The van der Waals surface area contributed by atoms with Crippen molar-refractivity contribution in [1.29, 1.82) is 0 Å². The van der Waals surface area contributed by atoms with Crippen LogP contribution in [-0.4, -0.2) is 35.2 Å². The number of amides is 1. The van der Waals surface area contributed by atoms with Crippen molar-refractivity contribution in [3.05, 3.63) is 35.9 Å². The lowest BCUT2D eigenvalue weighted by Gasteiger charge is -2.22. The summed E-state index contributed by atoms with van der Waals surface area (Å²) >= 11 is 1.48. The van der Waals surface area contributed by atoms with E-state index in [9.17, 15) is 14.7 Å². The Kier molecular flexibility index (Phi) is 8.49. The summed E-state index contributed by atoms with van der Waals surface area (Å²) < 4.78 is 4.65. The van der Waals surface area contributed by atoms with Gasteiger partial charge in [0, 0.05) is 6.04 Å². The minimum atomic E-state index is -1.40. The zero-order valence-electron chi connectivity index (χ0n) is 13.2. The number of hydrogen-bond donors (Lipinski definition) is 3. The molecule has 0 radical (unpaired) electrons. The molecule has 128 valence electrons. The molecule has 3 atom stereocenters. The summed E-state index contributed by atoms with van der Waals surface area (Å²) in [5, 5.41) is 12.6. The summed E-state index contributed by atoms with van der Waals surface area (Å²) in [5.74, 6) is -1.02. The summed E-state index contributed by atoms with van der Waals surface area (Å²) in [7, 11) is 0. The molecule has 0 saturated carbocycles. The van der Waals surface area contributed by atoms with Gasteiger partial charge in [-0.15, -0.1) is 0 Å². The molecule has 4 N–H and O–H groups in total. The monoisotopic (exact) mass is 434 g/mol. The average Bonchev–Trinajstić information content (AvgIpc) is 2.53. The standard InChI is InChI=1S/C16H23IN2O4/c1-10(2)8-13(16(22)23-17)19-15(21)14(20)12(18)9-11-6-4-3-5-7-11/h3-7,10,12-14,20H,8-9,18H2,1-2H3,(H,19,21)/t12-,13+,14+/m1/s1. The van der Waals surface area contributed by atoms with Crippen LogP contribution in [0.15, 0.2) is 30.3 Å². The zero-order valence-corrected chi connectivity index (χ0v) is 15.4. The molecular formula is C16H23IN2O4. The Morgan fingerprint density at radius 1 is 1.30 bits per heavy atom. The molecule has 1 aromatic carbocycles. The van der Waals surface area contributed by atoms with Gasteiger partial charge in [0.15, 0.2) is 23.0 Å². The summed E-state index contributed by atoms with van der Waals surface area (Å²) in [5.41, 5.74) is 6.84. The fraction of sp³-hybridized carbons (Fsp3) is 0.500. The minimum absolute atomic E-state index is 0.186. The lowest BCUT2D eigenvalue weighted by Crippen LogP contribution is -2.52. The van der Waals surface area contributed by atoms with E-state index in [1.807, 2.05) is 44.2 Å². The van der Waals surface area contributed by atoms with Gasteiger partial charge in [0.1, 0.15) is 12.1 Å². The van der Waals surface area contributed by atoms with Crippen molar-refractivity contribution in [3.8, 4) is 0 Å². The number of carbonyl (C=O) groups is 2. The van der Waals surface area contributed by atoms with Gasteiger partial charge >= 0.3 is 5.97 Å². The first-order valence-electron chi connectivity index (χ1n) is 7.45. The molecule has 0 aliphatic carbocycles. The maximum atomic E-state index is 12.1. The van der Waals surface area contributed by atoms with E-state index in [2.05, 4.69) is 8.38 Å². The summed E-state index contributed by atoms with van der Waals surface area (Å²) in [6.07, 6.45) is -0.609. The summed E-state index contributed by atoms with van der Waals surface area (Å²) in [6, 6.07) is 7.81. The molecule has 1 rings (SSSR count). The molecule has 0 heterocycles. The lowest BCUT2D eigenvalue weighted by molar-refractivity contribution is -0.140. The highest BCUT2D eigenvalue weighted by atomic mass is 127. The second kappa shape index (κ2) is 9.84. The molecule has 0 aliphatic heterocycles. The quantitative estimate of drug-likeness (QED) is 0.537. The highest BCUT2D eigenvalue weighted by Crippen LogP contribution is 2.10. The van der Waals surface area contributed by atoms with Gasteiger partial charge in [0.25, 0.3) is 5.91 Å². The first-order chi connectivity index (χ1) is 10.8.